The summed E-state index contributed by atoms with van der Waals surface area (Å²) >= 11 is 0. The van der Waals surface area contributed by atoms with Gasteiger partial charge < -0.3 is 10.6 Å². The fourth-order valence-corrected chi connectivity index (χ4v) is 3.44. The maximum Gasteiger partial charge on any atom is 0.137 e. The normalized spacial score (nSPS) is 26.7. The Kier molecular flexibility index (Phi) is 2.88. The number of hydrogen-bond acceptors (Lipinski definition) is 4. The van der Waals surface area contributed by atoms with Crippen LogP contribution in [0.1, 0.15) is 37.6 Å². The summed E-state index contributed by atoms with van der Waals surface area (Å²) in [6.45, 7) is 6.43. The first-order valence-corrected chi connectivity index (χ1v) is 7.07. The zero-order valence-corrected chi connectivity index (χ0v) is 11.3. The Morgan fingerprint density at radius 2 is 1.89 bits per heavy atom. The van der Waals surface area contributed by atoms with Crippen molar-refractivity contribution in [3.05, 3.63) is 11.4 Å². The van der Waals surface area contributed by atoms with Crippen molar-refractivity contribution in [3.63, 3.8) is 0 Å². The summed E-state index contributed by atoms with van der Waals surface area (Å²) in [5.74, 6) is 4.35. The average molecular weight is 246 g/mol. The van der Waals surface area contributed by atoms with E-state index in [-0.39, 0.29) is 0 Å². The molecule has 1 aliphatic heterocycles. The lowest BCUT2D eigenvalue weighted by Crippen LogP contribution is -2.24. The molecule has 18 heavy (non-hydrogen) atoms. The standard InChI is InChI=1S/C14H22N4/c1-3-12-16-13(15)9(2)14(17-12)18-7-10-5-4-6-11(10)8-18/h10-11H,3-8H2,1-2H3,(H2,15,16,17). The SMILES string of the molecule is CCc1nc(N)c(C)c(N2CC3CCCC3C2)n1. The van der Waals surface area contributed by atoms with Crippen molar-refractivity contribution in [2.75, 3.05) is 23.7 Å². The second-order valence-electron chi connectivity index (χ2n) is 5.68. The number of hydrogen-bond donors (Lipinski definition) is 1. The summed E-state index contributed by atoms with van der Waals surface area (Å²) < 4.78 is 0. The number of anilines is 2. The summed E-state index contributed by atoms with van der Waals surface area (Å²) in [5.41, 5.74) is 7.05. The van der Waals surface area contributed by atoms with Gasteiger partial charge in [-0.15, -0.1) is 0 Å². The molecule has 1 aromatic rings. The van der Waals surface area contributed by atoms with E-state index in [1.54, 1.807) is 0 Å². The molecule has 2 unspecified atom stereocenters. The van der Waals surface area contributed by atoms with Crippen LogP contribution in [0.2, 0.25) is 0 Å². The van der Waals surface area contributed by atoms with E-state index < -0.39 is 0 Å². The fraction of sp³-hybridized carbons (Fsp3) is 0.714. The molecule has 4 nitrogen and oxygen atoms in total. The molecule has 0 aromatic carbocycles. The van der Waals surface area contributed by atoms with Gasteiger partial charge in [-0.1, -0.05) is 13.3 Å². The van der Waals surface area contributed by atoms with Crippen LogP contribution in [0.15, 0.2) is 0 Å². The molecule has 2 atom stereocenters. The van der Waals surface area contributed by atoms with Crippen LogP contribution in [0.4, 0.5) is 11.6 Å². The molecule has 0 spiro atoms. The van der Waals surface area contributed by atoms with Crippen molar-refractivity contribution >= 4 is 11.6 Å². The van der Waals surface area contributed by atoms with E-state index in [1.165, 1.54) is 19.3 Å². The van der Waals surface area contributed by atoms with Gasteiger partial charge in [-0.05, 0) is 31.6 Å². The van der Waals surface area contributed by atoms with Gasteiger partial charge >= 0.3 is 0 Å². The van der Waals surface area contributed by atoms with Gasteiger partial charge in [-0.25, -0.2) is 9.97 Å². The minimum atomic E-state index is 0.647. The van der Waals surface area contributed by atoms with E-state index in [4.69, 9.17) is 10.7 Å². The number of fused-ring (bicyclic) bond motifs is 1. The van der Waals surface area contributed by atoms with Crippen molar-refractivity contribution in [1.29, 1.82) is 0 Å². The predicted octanol–water partition coefficient (Wildman–Crippen LogP) is 2.17. The minimum absolute atomic E-state index is 0.647. The molecule has 3 rings (SSSR count). The zero-order valence-electron chi connectivity index (χ0n) is 11.3. The van der Waals surface area contributed by atoms with Gasteiger partial charge in [0.05, 0.1) is 0 Å². The molecule has 0 bridgehead atoms. The van der Waals surface area contributed by atoms with Gasteiger partial charge in [0.15, 0.2) is 0 Å². The largest absolute Gasteiger partial charge is 0.383 e. The Balaban J connectivity index is 1.90. The van der Waals surface area contributed by atoms with Crippen LogP contribution >= 0.6 is 0 Å². The highest BCUT2D eigenvalue weighted by atomic mass is 15.2. The van der Waals surface area contributed by atoms with Crippen LogP contribution in [0, 0.1) is 18.8 Å². The molecule has 1 saturated carbocycles. The predicted molar refractivity (Wildman–Crippen MR) is 73.6 cm³/mol. The summed E-state index contributed by atoms with van der Waals surface area (Å²) in [7, 11) is 0. The minimum Gasteiger partial charge on any atom is -0.383 e. The quantitative estimate of drug-likeness (QED) is 0.869. The maximum atomic E-state index is 6.00. The number of aryl methyl sites for hydroxylation is 1. The number of rotatable bonds is 2. The second kappa shape index (κ2) is 4.41. The smallest absolute Gasteiger partial charge is 0.137 e. The van der Waals surface area contributed by atoms with Crippen LogP contribution in [0.5, 0.6) is 0 Å². The van der Waals surface area contributed by atoms with Crippen molar-refractivity contribution in [1.82, 2.24) is 9.97 Å². The number of nitrogen functional groups attached to an aromatic ring is 1. The van der Waals surface area contributed by atoms with Crippen LogP contribution in [0.25, 0.3) is 0 Å². The highest BCUT2D eigenvalue weighted by Crippen LogP contribution is 2.40. The van der Waals surface area contributed by atoms with Crippen molar-refractivity contribution in [2.24, 2.45) is 11.8 Å². The van der Waals surface area contributed by atoms with Crippen LogP contribution < -0.4 is 10.6 Å². The maximum absolute atomic E-state index is 6.00. The van der Waals surface area contributed by atoms with E-state index in [1.807, 2.05) is 6.92 Å². The molecule has 0 radical (unpaired) electrons. The lowest BCUT2D eigenvalue weighted by molar-refractivity contribution is 0.494. The first kappa shape index (κ1) is 11.8. The molecule has 1 aromatic heterocycles. The Labute approximate surface area is 109 Å². The molecule has 2 N–H and O–H groups in total. The van der Waals surface area contributed by atoms with Crippen molar-refractivity contribution < 1.29 is 0 Å². The van der Waals surface area contributed by atoms with E-state index in [2.05, 4.69) is 16.8 Å². The summed E-state index contributed by atoms with van der Waals surface area (Å²) in [5, 5.41) is 0. The zero-order chi connectivity index (χ0) is 12.7. The fourth-order valence-electron chi connectivity index (χ4n) is 3.44. The lowest BCUT2D eigenvalue weighted by Gasteiger charge is -2.21. The summed E-state index contributed by atoms with van der Waals surface area (Å²) in [6.07, 6.45) is 5.04. The average Bonchev–Trinajstić information content (AvgIpc) is 2.92. The Morgan fingerprint density at radius 3 is 2.50 bits per heavy atom. The molecular formula is C14H22N4. The molecule has 2 heterocycles. The third-order valence-corrected chi connectivity index (χ3v) is 4.55. The summed E-state index contributed by atoms with van der Waals surface area (Å²) in [4.78, 5) is 11.5. The first-order valence-electron chi connectivity index (χ1n) is 7.07. The van der Waals surface area contributed by atoms with Gasteiger partial charge in [-0.2, -0.15) is 0 Å². The number of nitrogens with two attached hydrogens (primary N) is 1. The van der Waals surface area contributed by atoms with E-state index in [9.17, 15) is 0 Å². The van der Waals surface area contributed by atoms with E-state index in [0.717, 1.165) is 48.6 Å². The topological polar surface area (TPSA) is 55.0 Å². The van der Waals surface area contributed by atoms with Gasteiger partial charge in [-0.3, -0.25) is 0 Å². The Bertz CT molecular complexity index is 445. The molecule has 4 heteroatoms. The third-order valence-electron chi connectivity index (χ3n) is 4.55. The highest BCUT2D eigenvalue weighted by Gasteiger charge is 2.37. The molecule has 0 amide bonds. The van der Waals surface area contributed by atoms with Crippen LogP contribution in [-0.2, 0) is 6.42 Å². The lowest BCUT2D eigenvalue weighted by atomic mass is 10.0. The monoisotopic (exact) mass is 246 g/mol. The van der Waals surface area contributed by atoms with Gasteiger partial charge in [0.25, 0.3) is 0 Å². The van der Waals surface area contributed by atoms with Gasteiger partial charge in [0.2, 0.25) is 0 Å². The van der Waals surface area contributed by atoms with E-state index >= 15 is 0 Å². The van der Waals surface area contributed by atoms with Crippen LogP contribution in [-0.4, -0.2) is 23.1 Å². The van der Waals surface area contributed by atoms with Gasteiger partial charge in [0.1, 0.15) is 17.5 Å². The Morgan fingerprint density at radius 1 is 1.22 bits per heavy atom. The summed E-state index contributed by atoms with van der Waals surface area (Å²) in [6, 6.07) is 0. The van der Waals surface area contributed by atoms with Crippen molar-refractivity contribution in [2.45, 2.75) is 39.5 Å². The van der Waals surface area contributed by atoms with Gasteiger partial charge in [0, 0.05) is 25.1 Å². The molecule has 98 valence electrons. The highest BCUT2D eigenvalue weighted by molar-refractivity contribution is 5.57. The van der Waals surface area contributed by atoms with Crippen LogP contribution in [0.3, 0.4) is 0 Å². The molecule has 1 aliphatic carbocycles. The third kappa shape index (κ3) is 1.84. The number of nitrogens with zero attached hydrogens (tertiary/aromatic N) is 3. The molecule has 2 fully saturated rings. The molecule has 2 aliphatic rings. The first-order chi connectivity index (χ1) is 8.69. The van der Waals surface area contributed by atoms with Crippen molar-refractivity contribution in [3.8, 4) is 0 Å². The molecular weight excluding hydrogens is 224 g/mol. The Hall–Kier alpha value is -1.32. The molecule has 1 saturated heterocycles. The number of aromatic nitrogens is 2. The second-order valence-corrected chi connectivity index (χ2v) is 5.68. The van der Waals surface area contributed by atoms with E-state index in [0.29, 0.717) is 5.82 Å².